The number of hydrogen-bond acceptors (Lipinski definition) is 4. The van der Waals surface area contributed by atoms with Crippen LogP contribution in [-0.4, -0.2) is 26.4 Å². The molecule has 0 saturated heterocycles. The highest BCUT2D eigenvalue weighted by Crippen LogP contribution is 2.38. The molecule has 0 radical (unpaired) electrons. The minimum Gasteiger partial charge on any atom is -0.326 e. The van der Waals surface area contributed by atoms with Crippen molar-refractivity contribution in [2.45, 2.75) is 37.4 Å². The first-order chi connectivity index (χ1) is 10.6. The third kappa shape index (κ3) is 3.81. The van der Waals surface area contributed by atoms with Crippen molar-refractivity contribution in [1.29, 1.82) is 0 Å². The van der Waals surface area contributed by atoms with E-state index in [1.807, 2.05) is 19.1 Å². The number of aromatic nitrogens is 3. The average Bonchev–Trinajstić information content (AvgIpc) is 3.23. The number of amides is 1. The van der Waals surface area contributed by atoms with Gasteiger partial charge >= 0.3 is 0 Å². The predicted octanol–water partition coefficient (Wildman–Crippen LogP) is 3.70. The summed E-state index contributed by atoms with van der Waals surface area (Å²) in [5.74, 6) is 1.61. The van der Waals surface area contributed by atoms with E-state index in [-0.39, 0.29) is 5.91 Å². The van der Waals surface area contributed by atoms with Crippen molar-refractivity contribution in [3.05, 3.63) is 35.1 Å². The summed E-state index contributed by atoms with van der Waals surface area (Å²) in [6.45, 7) is 1.97. The number of carbonyl (C=O) groups excluding carboxylic acids is 1. The summed E-state index contributed by atoms with van der Waals surface area (Å²) in [7, 11) is 0. The summed E-state index contributed by atoms with van der Waals surface area (Å²) in [6.07, 6.45) is 2.82. The molecule has 22 heavy (non-hydrogen) atoms. The largest absolute Gasteiger partial charge is 0.326 e. The summed E-state index contributed by atoms with van der Waals surface area (Å²) in [5, 5.41) is 12.7. The quantitative estimate of drug-likeness (QED) is 0.817. The third-order valence-electron chi connectivity index (χ3n) is 3.42. The number of benzene rings is 1. The highest BCUT2D eigenvalue weighted by molar-refractivity contribution is 7.99. The lowest BCUT2D eigenvalue weighted by molar-refractivity contribution is -0.115. The van der Waals surface area contributed by atoms with Gasteiger partial charge in [-0.15, -0.1) is 10.2 Å². The van der Waals surface area contributed by atoms with Crippen LogP contribution in [-0.2, 0) is 4.79 Å². The van der Waals surface area contributed by atoms with E-state index in [0.29, 0.717) is 23.2 Å². The van der Waals surface area contributed by atoms with Crippen LogP contribution in [0.2, 0.25) is 5.02 Å². The van der Waals surface area contributed by atoms with Crippen molar-refractivity contribution >= 4 is 35.0 Å². The van der Waals surface area contributed by atoms with Crippen molar-refractivity contribution < 1.29 is 4.79 Å². The van der Waals surface area contributed by atoms with Crippen molar-refractivity contribution in [3.63, 3.8) is 0 Å². The molecule has 1 aliphatic carbocycles. The van der Waals surface area contributed by atoms with Gasteiger partial charge in [-0.2, -0.15) is 0 Å². The summed E-state index contributed by atoms with van der Waals surface area (Å²) in [5.41, 5.74) is 0.722. The van der Waals surface area contributed by atoms with Gasteiger partial charge in [-0.05, 0) is 38.0 Å². The van der Waals surface area contributed by atoms with Gasteiger partial charge in [0.15, 0.2) is 5.16 Å². The van der Waals surface area contributed by atoms with Crippen LogP contribution in [0.1, 0.15) is 31.1 Å². The minimum absolute atomic E-state index is 0.0241. The van der Waals surface area contributed by atoms with E-state index in [1.54, 1.807) is 23.9 Å². The Kier molecular flexibility index (Phi) is 4.69. The van der Waals surface area contributed by atoms with Gasteiger partial charge in [-0.1, -0.05) is 29.4 Å². The molecular formula is C15H17ClN4OS. The molecule has 1 N–H and O–H groups in total. The van der Waals surface area contributed by atoms with Crippen LogP contribution in [0.15, 0.2) is 29.4 Å². The Morgan fingerprint density at radius 2 is 2.27 bits per heavy atom. The number of thioether (sulfide) groups is 1. The highest BCUT2D eigenvalue weighted by Gasteiger charge is 2.28. The molecule has 1 aromatic carbocycles. The number of anilines is 1. The van der Waals surface area contributed by atoms with Gasteiger partial charge in [-0.3, -0.25) is 4.79 Å². The van der Waals surface area contributed by atoms with Gasteiger partial charge in [0, 0.05) is 28.9 Å². The lowest BCUT2D eigenvalue weighted by Gasteiger charge is -2.07. The molecule has 3 rings (SSSR count). The van der Waals surface area contributed by atoms with Crippen LogP contribution in [0, 0.1) is 6.92 Å². The zero-order chi connectivity index (χ0) is 15.5. The second-order valence-electron chi connectivity index (χ2n) is 5.29. The Labute approximate surface area is 138 Å². The molecule has 5 nitrogen and oxygen atoms in total. The minimum atomic E-state index is -0.0241. The second kappa shape index (κ2) is 6.71. The van der Waals surface area contributed by atoms with Crippen LogP contribution in [0.5, 0.6) is 0 Å². The number of hydrogen-bond donors (Lipinski definition) is 1. The molecule has 1 aliphatic rings. The van der Waals surface area contributed by atoms with Gasteiger partial charge in [-0.25, -0.2) is 0 Å². The molecule has 116 valence electrons. The van der Waals surface area contributed by atoms with Crippen LogP contribution in [0.3, 0.4) is 0 Å². The number of aryl methyl sites for hydroxylation is 1. The number of nitrogens with zero attached hydrogens (tertiary/aromatic N) is 3. The van der Waals surface area contributed by atoms with Crippen molar-refractivity contribution in [2.75, 3.05) is 11.1 Å². The Balaban J connectivity index is 1.50. The summed E-state index contributed by atoms with van der Waals surface area (Å²) < 4.78 is 2.18. The Hall–Kier alpha value is -1.53. The molecule has 0 bridgehead atoms. The normalized spacial score (nSPS) is 14.1. The average molecular weight is 337 g/mol. The molecule has 2 aromatic rings. The van der Waals surface area contributed by atoms with Crippen LogP contribution in [0.4, 0.5) is 5.69 Å². The van der Waals surface area contributed by atoms with Gasteiger partial charge in [0.25, 0.3) is 0 Å². The number of halogens is 1. The summed E-state index contributed by atoms with van der Waals surface area (Å²) in [4.78, 5) is 11.9. The zero-order valence-corrected chi connectivity index (χ0v) is 13.8. The van der Waals surface area contributed by atoms with E-state index in [4.69, 9.17) is 11.6 Å². The molecule has 0 atom stereocenters. The molecular weight excluding hydrogens is 320 g/mol. The zero-order valence-electron chi connectivity index (χ0n) is 12.3. The van der Waals surface area contributed by atoms with Crippen LogP contribution in [0.25, 0.3) is 0 Å². The Morgan fingerprint density at radius 1 is 1.45 bits per heavy atom. The summed E-state index contributed by atoms with van der Waals surface area (Å²) >= 11 is 7.48. The maximum atomic E-state index is 11.9. The van der Waals surface area contributed by atoms with Crippen molar-refractivity contribution in [2.24, 2.45) is 0 Å². The second-order valence-corrected chi connectivity index (χ2v) is 6.79. The maximum Gasteiger partial charge on any atom is 0.225 e. The fraction of sp³-hybridized carbons (Fsp3) is 0.400. The molecule has 1 amide bonds. The highest BCUT2D eigenvalue weighted by atomic mass is 35.5. The van der Waals surface area contributed by atoms with Gasteiger partial charge in [0.2, 0.25) is 5.91 Å². The molecule has 1 saturated carbocycles. The lowest BCUT2D eigenvalue weighted by Crippen LogP contribution is -2.12. The maximum absolute atomic E-state index is 11.9. The van der Waals surface area contributed by atoms with E-state index in [2.05, 4.69) is 20.1 Å². The molecule has 0 aliphatic heterocycles. The standard InChI is InChI=1S/C15H17ClN4OS/c1-10-18-19-15(20(10)13-5-6-13)22-8-7-14(21)17-12-4-2-3-11(16)9-12/h2-4,9,13H,5-8H2,1H3,(H,17,21). The third-order valence-corrected chi connectivity index (χ3v) is 4.60. The number of rotatable bonds is 6. The smallest absolute Gasteiger partial charge is 0.225 e. The molecule has 1 fully saturated rings. The Morgan fingerprint density at radius 3 is 3.00 bits per heavy atom. The fourth-order valence-corrected chi connectivity index (χ4v) is 3.41. The van der Waals surface area contributed by atoms with Gasteiger partial charge in [0.05, 0.1) is 0 Å². The fourth-order valence-electron chi connectivity index (χ4n) is 2.23. The van der Waals surface area contributed by atoms with Crippen molar-refractivity contribution in [1.82, 2.24) is 14.8 Å². The van der Waals surface area contributed by atoms with E-state index in [1.165, 1.54) is 12.8 Å². The first kappa shape index (κ1) is 15.4. The molecule has 0 unspecified atom stereocenters. The van der Waals surface area contributed by atoms with Crippen molar-refractivity contribution in [3.8, 4) is 0 Å². The SMILES string of the molecule is Cc1nnc(SCCC(=O)Nc2cccc(Cl)c2)n1C1CC1. The number of nitrogens with one attached hydrogen (secondary N) is 1. The molecule has 1 aromatic heterocycles. The number of carbonyl (C=O) groups is 1. The van der Waals surface area contributed by atoms with Gasteiger partial charge < -0.3 is 9.88 Å². The van der Waals surface area contributed by atoms with Crippen LogP contribution < -0.4 is 5.32 Å². The van der Waals surface area contributed by atoms with E-state index >= 15 is 0 Å². The monoisotopic (exact) mass is 336 g/mol. The van der Waals surface area contributed by atoms with E-state index in [9.17, 15) is 4.79 Å². The first-order valence-electron chi connectivity index (χ1n) is 7.23. The van der Waals surface area contributed by atoms with E-state index in [0.717, 1.165) is 16.7 Å². The molecule has 0 spiro atoms. The topological polar surface area (TPSA) is 59.8 Å². The first-order valence-corrected chi connectivity index (χ1v) is 8.59. The van der Waals surface area contributed by atoms with E-state index < -0.39 is 0 Å². The molecule has 1 heterocycles. The predicted molar refractivity (Wildman–Crippen MR) is 88.5 cm³/mol. The molecule has 7 heteroatoms. The Bertz CT molecular complexity index is 684. The van der Waals surface area contributed by atoms with Crippen LogP contribution >= 0.6 is 23.4 Å². The lowest BCUT2D eigenvalue weighted by atomic mass is 10.3. The summed E-state index contributed by atoms with van der Waals surface area (Å²) in [6, 6.07) is 7.70. The van der Waals surface area contributed by atoms with Gasteiger partial charge in [0.1, 0.15) is 5.82 Å².